The lowest BCUT2D eigenvalue weighted by atomic mass is 10.2. The number of nitrogens with zero attached hydrogens (tertiary/aromatic N) is 3. The Bertz CT molecular complexity index is 611. The van der Waals surface area contributed by atoms with Crippen molar-refractivity contribution >= 4 is 17.6 Å². The lowest BCUT2D eigenvalue weighted by Gasteiger charge is -2.29. The molecule has 0 aromatic heterocycles. The van der Waals surface area contributed by atoms with E-state index in [4.69, 9.17) is 0 Å². The third kappa shape index (κ3) is 2.08. The molecule has 0 spiro atoms. The molecule has 0 bridgehead atoms. The van der Waals surface area contributed by atoms with E-state index in [-0.39, 0.29) is 11.9 Å². The number of urea groups is 1. The average Bonchev–Trinajstić information content (AvgIpc) is 3.26. The summed E-state index contributed by atoms with van der Waals surface area (Å²) in [7, 11) is 0. The summed E-state index contributed by atoms with van der Waals surface area (Å²) in [4.78, 5) is 27.9. The second-order valence-corrected chi connectivity index (χ2v) is 5.62. The summed E-state index contributed by atoms with van der Waals surface area (Å²) in [5.74, 6) is 0.433. The van der Waals surface area contributed by atoms with Crippen LogP contribution in [0.4, 0.5) is 10.5 Å². The van der Waals surface area contributed by atoms with Gasteiger partial charge in [0.15, 0.2) is 6.17 Å². The fourth-order valence-corrected chi connectivity index (χ4v) is 2.67. The van der Waals surface area contributed by atoms with Gasteiger partial charge in [-0.15, -0.1) is 0 Å². The van der Waals surface area contributed by atoms with Crippen molar-refractivity contribution in [3.05, 3.63) is 42.7 Å². The number of hydrogen-bond donors (Lipinski definition) is 1. The highest BCUT2D eigenvalue weighted by Crippen LogP contribution is 2.31. The lowest BCUT2D eigenvalue weighted by molar-refractivity contribution is -0.122. The van der Waals surface area contributed by atoms with E-state index in [1.54, 1.807) is 22.3 Å². The van der Waals surface area contributed by atoms with Crippen molar-refractivity contribution in [2.75, 3.05) is 11.4 Å². The molecule has 2 heterocycles. The number of hydrazine groups is 1. The largest absolute Gasteiger partial charge is 0.340 e. The molecule has 6 nitrogen and oxygen atoms in total. The third-order valence-electron chi connectivity index (χ3n) is 4.03. The van der Waals surface area contributed by atoms with Gasteiger partial charge >= 0.3 is 6.03 Å². The zero-order valence-electron chi connectivity index (χ0n) is 11.5. The van der Waals surface area contributed by atoms with Crippen molar-refractivity contribution in [2.45, 2.75) is 19.0 Å². The topological polar surface area (TPSA) is 55.9 Å². The van der Waals surface area contributed by atoms with Gasteiger partial charge in [-0.05, 0) is 30.9 Å². The molecular weight excluding hydrogens is 268 g/mol. The Morgan fingerprint density at radius 3 is 2.57 bits per heavy atom. The molecule has 6 heteroatoms. The molecule has 3 aliphatic rings. The van der Waals surface area contributed by atoms with Gasteiger partial charge in [0.2, 0.25) is 0 Å². The predicted octanol–water partition coefficient (Wildman–Crippen LogP) is 1.48. The Kier molecular flexibility index (Phi) is 2.71. The number of amides is 3. The molecule has 1 aromatic rings. The van der Waals surface area contributed by atoms with Gasteiger partial charge in [0.1, 0.15) is 0 Å². The van der Waals surface area contributed by atoms with Gasteiger partial charge in [-0.25, -0.2) is 4.79 Å². The van der Waals surface area contributed by atoms with Crippen LogP contribution >= 0.6 is 0 Å². The summed E-state index contributed by atoms with van der Waals surface area (Å²) in [5.41, 5.74) is 3.83. The van der Waals surface area contributed by atoms with E-state index < -0.39 is 6.17 Å². The monoisotopic (exact) mass is 284 g/mol. The molecule has 1 aliphatic carbocycles. The predicted molar refractivity (Wildman–Crippen MR) is 76.7 cm³/mol. The van der Waals surface area contributed by atoms with E-state index in [2.05, 4.69) is 5.43 Å². The molecular formula is C15H16N4O2. The Morgan fingerprint density at radius 1 is 1.10 bits per heavy atom. The number of carbonyl (C=O) groups is 2. The van der Waals surface area contributed by atoms with Crippen LogP contribution in [0.5, 0.6) is 0 Å². The maximum atomic E-state index is 12.6. The Labute approximate surface area is 122 Å². The zero-order valence-corrected chi connectivity index (χ0v) is 11.5. The number of para-hydroxylation sites is 1. The first-order chi connectivity index (χ1) is 10.2. The summed E-state index contributed by atoms with van der Waals surface area (Å²) < 4.78 is 0. The van der Waals surface area contributed by atoms with Gasteiger partial charge < -0.3 is 0 Å². The average molecular weight is 284 g/mol. The fourth-order valence-electron chi connectivity index (χ4n) is 2.67. The van der Waals surface area contributed by atoms with Crippen LogP contribution in [0.3, 0.4) is 0 Å². The SMILES string of the molecule is O=C1C2NN(CC3CC3)C(=O)N2C=CN1c1ccccc1. The first-order valence-electron chi connectivity index (χ1n) is 7.16. The summed E-state index contributed by atoms with van der Waals surface area (Å²) in [6, 6.07) is 9.27. The van der Waals surface area contributed by atoms with Crippen LogP contribution in [0.25, 0.3) is 0 Å². The van der Waals surface area contributed by atoms with Gasteiger partial charge in [0.25, 0.3) is 5.91 Å². The smallest absolute Gasteiger partial charge is 0.283 e. The fraction of sp³-hybridized carbons (Fsp3) is 0.333. The quantitative estimate of drug-likeness (QED) is 0.914. The van der Waals surface area contributed by atoms with Crippen LogP contribution in [0.15, 0.2) is 42.7 Å². The van der Waals surface area contributed by atoms with Crippen molar-refractivity contribution < 1.29 is 9.59 Å². The van der Waals surface area contributed by atoms with Crippen molar-refractivity contribution in [1.29, 1.82) is 0 Å². The van der Waals surface area contributed by atoms with E-state index in [9.17, 15) is 9.59 Å². The van der Waals surface area contributed by atoms with Gasteiger partial charge in [-0.2, -0.15) is 5.43 Å². The molecule has 3 amide bonds. The molecule has 2 aliphatic heterocycles. The number of rotatable bonds is 3. The first kappa shape index (κ1) is 12.4. The molecule has 1 saturated carbocycles. The van der Waals surface area contributed by atoms with Crippen LogP contribution in [0.2, 0.25) is 0 Å². The highest BCUT2D eigenvalue weighted by atomic mass is 16.2. The highest BCUT2D eigenvalue weighted by molar-refractivity contribution is 6.02. The molecule has 21 heavy (non-hydrogen) atoms. The van der Waals surface area contributed by atoms with Gasteiger partial charge in [0, 0.05) is 24.6 Å². The second kappa shape index (κ2) is 4.60. The number of nitrogens with one attached hydrogen (secondary N) is 1. The van der Waals surface area contributed by atoms with Crippen molar-refractivity contribution in [1.82, 2.24) is 15.3 Å². The minimum absolute atomic E-state index is 0.143. The molecule has 1 atom stereocenters. The van der Waals surface area contributed by atoms with Gasteiger partial charge in [-0.3, -0.25) is 19.6 Å². The molecule has 1 N–H and O–H groups in total. The summed E-state index contributed by atoms with van der Waals surface area (Å²) in [6.07, 6.45) is 5.00. The maximum absolute atomic E-state index is 12.6. The third-order valence-corrected chi connectivity index (χ3v) is 4.03. The molecule has 1 unspecified atom stereocenters. The number of carbonyl (C=O) groups excluding carboxylic acids is 2. The minimum Gasteiger partial charge on any atom is -0.283 e. The molecule has 1 aromatic carbocycles. The highest BCUT2D eigenvalue weighted by Gasteiger charge is 2.45. The summed E-state index contributed by atoms with van der Waals surface area (Å²) in [5, 5.41) is 1.57. The van der Waals surface area contributed by atoms with E-state index in [0.717, 1.165) is 18.5 Å². The number of fused-ring (bicyclic) bond motifs is 1. The normalized spacial score (nSPS) is 24.8. The minimum atomic E-state index is -0.638. The van der Waals surface area contributed by atoms with Crippen molar-refractivity contribution in [2.24, 2.45) is 5.92 Å². The molecule has 1 saturated heterocycles. The van der Waals surface area contributed by atoms with Crippen molar-refractivity contribution in [3.8, 4) is 0 Å². The summed E-state index contributed by atoms with van der Waals surface area (Å²) in [6.45, 7) is 0.679. The van der Waals surface area contributed by atoms with Crippen LogP contribution in [-0.2, 0) is 4.79 Å². The summed E-state index contributed by atoms with van der Waals surface area (Å²) >= 11 is 0. The molecule has 108 valence electrons. The number of benzene rings is 1. The van der Waals surface area contributed by atoms with Gasteiger partial charge in [-0.1, -0.05) is 18.2 Å². The Balaban J connectivity index is 1.57. The van der Waals surface area contributed by atoms with Crippen LogP contribution < -0.4 is 10.3 Å². The zero-order chi connectivity index (χ0) is 14.4. The molecule has 0 radical (unpaired) electrons. The van der Waals surface area contributed by atoms with Crippen LogP contribution in [0, 0.1) is 5.92 Å². The van der Waals surface area contributed by atoms with E-state index in [1.807, 2.05) is 30.3 Å². The van der Waals surface area contributed by atoms with E-state index >= 15 is 0 Å². The van der Waals surface area contributed by atoms with Crippen LogP contribution in [0.1, 0.15) is 12.8 Å². The van der Waals surface area contributed by atoms with E-state index in [0.29, 0.717) is 12.5 Å². The van der Waals surface area contributed by atoms with Crippen LogP contribution in [-0.4, -0.2) is 34.6 Å². The maximum Gasteiger partial charge on any atom is 0.340 e. The molecule has 4 rings (SSSR count). The Morgan fingerprint density at radius 2 is 1.86 bits per heavy atom. The van der Waals surface area contributed by atoms with Crippen molar-refractivity contribution in [3.63, 3.8) is 0 Å². The Hall–Kier alpha value is -2.34. The first-order valence-corrected chi connectivity index (χ1v) is 7.16. The molecule has 2 fully saturated rings. The number of anilines is 1. The number of hydrogen-bond acceptors (Lipinski definition) is 3. The van der Waals surface area contributed by atoms with Gasteiger partial charge in [0.05, 0.1) is 0 Å². The van der Waals surface area contributed by atoms with E-state index in [1.165, 1.54) is 4.90 Å². The standard InChI is InChI=1S/C15H16N4O2/c20-14-13-16-19(10-11-6-7-11)15(21)18(13)9-8-17(14)12-4-2-1-3-5-12/h1-5,8-9,11,13,16H,6-7,10H2. The lowest BCUT2D eigenvalue weighted by Crippen LogP contribution is -2.51. The second-order valence-electron chi connectivity index (χ2n) is 5.62.